The topological polar surface area (TPSA) is 55.6 Å². The summed E-state index contributed by atoms with van der Waals surface area (Å²) in [4.78, 5) is 8.48. The largest absolute Gasteiger partial charge is 0.369 e. The summed E-state index contributed by atoms with van der Waals surface area (Å²) in [7, 11) is 1.88. The molecule has 0 fully saturated rings. The van der Waals surface area contributed by atoms with Gasteiger partial charge < -0.3 is 5.32 Å². The number of nitrogens with one attached hydrogen (secondary N) is 1. The third kappa shape index (κ3) is 2.06. The van der Waals surface area contributed by atoms with Crippen LogP contribution in [0.15, 0.2) is 29.4 Å². The maximum absolute atomic E-state index is 4.27. The molecule has 0 bridgehead atoms. The zero-order chi connectivity index (χ0) is 12.4. The van der Waals surface area contributed by atoms with Gasteiger partial charge >= 0.3 is 0 Å². The van der Waals surface area contributed by atoms with E-state index in [0.29, 0.717) is 0 Å². The van der Waals surface area contributed by atoms with Crippen LogP contribution in [0.25, 0.3) is 11.0 Å². The van der Waals surface area contributed by atoms with E-state index in [2.05, 4.69) is 37.2 Å². The molecule has 3 heterocycles. The van der Waals surface area contributed by atoms with E-state index in [0.717, 1.165) is 29.8 Å². The lowest BCUT2D eigenvalue weighted by Crippen LogP contribution is -2.06. The second-order valence-electron chi connectivity index (χ2n) is 4.04. The molecule has 0 spiro atoms. The molecule has 3 aromatic heterocycles. The highest BCUT2D eigenvalue weighted by molar-refractivity contribution is 7.07. The van der Waals surface area contributed by atoms with Crippen LogP contribution in [0.4, 0.5) is 5.82 Å². The predicted molar refractivity (Wildman–Crippen MR) is 72.8 cm³/mol. The van der Waals surface area contributed by atoms with E-state index in [1.54, 1.807) is 28.5 Å². The zero-order valence-electron chi connectivity index (χ0n) is 10.00. The number of hydrogen-bond donors (Lipinski definition) is 1. The van der Waals surface area contributed by atoms with Gasteiger partial charge in [0, 0.05) is 13.6 Å². The molecule has 0 saturated heterocycles. The van der Waals surface area contributed by atoms with Crippen LogP contribution in [0.2, 0.25) is 0 Å². The van der Waals surface area contributed by atoms with Crippen LogP contribution >= 0.6 is 11.3 Å². The lowest BCUT2D eigenvalue weighted by Gasteiger charge is -2.05. The normalized spacial score (nSPS) is 10.9. The van der Waals surface area contributed by atoms with E-state index in [4.69, 9.17) is 0 Å². The minimum Gasteiger partial charge on any atom is -0.369 e. The monoisotopic (exact) mass is 259 g/mol. The van der Waals surface area contributed by atoms with Gasteiger partial charge in [0.2, 0.25) is 0 Å². The molecule has 0 aliphatic heterocycles. The maximum atomic E-state index is 4.27. The number of aromatic nitrogens is 4. The Balaban J connectivity index is 1.74. The van der Waals surface area contributed by atoms with Crippen LogP contribution in [0, 0.1) is 0 Å². The Labute approximate surface area is 109 Å². The van der Waals surface area contributed by atoms with Gasteiger partial charge in [-0.2, -0.15) is 16.4 Å². The fourth-order valence-corrected chi connectivity index (χ4v) is 2.57. The second kappa shape index (κ2) is 4.73. The number of hydrogen-bond acceptors (Lipinski definition) is 5. The maximum Gasteiger partial charge on any atom is 0.163 e. The van der Waals surface area contributed by atoms with E-state index < -0.39 is 0 Å². The highest BCUT2D eigenvalue weighted by atomic mass is 32.1. The van der Waals surface area contributed by atoms with Crippen LogP contribution in [0.3, 0.4) is 0 Å². The average molecular weight is 259 g/mol. The van der Waals surface area contributed by atoms with Crippen molar-refractivity contribution in [3.8, 4) is 0 Å². The first-order chi connectivity index (χ1) is 8.84. The van der Waals surface area contributed by atoms with Crippen molar-refractivity contribution in [2.75, 3.05) is 11.9 Å². The first kappa shape index (κ1) is 11.2. The summed E-state index contributed by atoms with van der Waals surface area (Å²) in [6, 6.07) is 2.14. The summed E-state index contributed by atoms with van der Waals surface area (Å²) in [6.07, 6.45) is 4.36. The highest BCUT2D eigenvalue weighted by Gasteiger charge is 2.06. The highest BCUT2D eigenvalue weighted by Crippen LogP contribution is 2.17. The summed E-state index contributed by atoms with van der Waals surface area (Å²) in [5.74, 6) is 0.850. The Kier molecular flexibility index (Phi) is 2.93. The Bertz CT molecular complexity index is 644. The molecule has 0 aliphatic carbocycles. The van der Waals surface area contributed by atoms with Crippen molar-refractivity contribution in [3.05, 3.63) is 34.9 Å². The van der Waals surface area contributed by atoms with E-state index in [-0.39, 0.29) is 0 Å². The summed E-state index contributed by atoms with van der Waals surface area (Å²) in [5, 5.41) is 12.8. The van der Waals surface area contributed by atoms with Crippen molar-refractivity contribution >= 4 is 28.2 Å². The van der Waals surface area contributed by atoms with Crippen LogP contribution in [-0.4, -0.2) is 26.3 Å². The molecule has 6 heteroatoms. The molecule has 92 valence electrons. The van der Waals surface area contributed by atoms with Crippen LogP contribution in [0.1, 0.15) is 5.56 Å². The summed E-state index contributed by atoms with van der Waals surface area (Å²) in [6.45, 7) is 0.859. The van der Waals surface area contributed by atoms with Crippen LogP contribution in [0.5, 0.6) is 0 Å². The van der Waals surface area contributed by atoms with Gasteiger partial charge in [0.25, 0.3) is 0 Å². The molecule has 18 heavy (non-hydrogen) atoms. The van der Waals surface area contributed by atoms with E-state index in [1.807, 2.05) is 7.05 Å². The van der Waals surface area contributed by atoms with E-state index >= 15 is 0 Å². The van der Waals surface area contributed by atoms with Crippen molar-refractivity contribution in [2.24, 2.45) is 7.05 Å². The molecule has 3 rings (SSSR count). The molecule has 5 nitrogen and oxygen atoms in total. The van der Waals surface area contributed by atoms with Crippen LogP contribution < -0.4 is 5.32 Å². The molecular weight excluding hydrogens is 246 g/mol. The Morgan fingerprint density at radius 2 is 2.33 bits per heavy atom. The van der Waals surface area contributed by atoms with Gasteiger partial charge in [0.05, 0.1) is 11.6 Å². The quantitative estimate of drug-likeness (QED) is 0.779. The van der Waals surface area contributed by atoms with Gasteiger partial charge in [-0.05, 0) is 28.8 Å². The van der Waals surface area contributed by atoms with Gasteiger partial charge in [-0.15, -0.1) is 0 Å². The smallest absolute Gasteiger partial charge is 0.163 e. The number of nitrogens with zero attached hydrogens (tertiary/aromatic N) is 4. The SMILES string of the molecule is Cn1ncc2c(NCCc3ccsc3)ncnc21. The average Bonchev–Trinajstić information content (AvgIpc) is 3.01. The fraction of sp³-hybridized carbons (Fsp3) is 0.250. The summed E-state index contributed by atoms with van der Waals surface area (Å²) >= 11 is 1.72. The van der Waals surface area contributed by atoms with Gasteiger partial charge in [0.1, 0.15) is 12.1 Å². The van der Waals surface area contributed by atoms with Gasteiger partial charge in [-0.1, -0.05) is 0 Å². The summed E-state index contributed by atoms with van der Waals surface area (Å²) < 4.78 is 1.75. The molecule has 0 saturated carbocycles. The van der Waals surface area contributed by atoms with Crippen LogP contribution in [-0.2, 0) is 13.5 Å². The molecule has 0 unspecified atom stereocenters. The number of thiophene rings is 1. The molecular formula is C12H13N5S. The molecule has 0 atom stereocenters. The number of anilines is 1. The van der Waals surface area contributed by atoms with Gasteiger partial charge in [-0.3, -0.25) is 4.68 Å². The minimum atomic E-state index is 0.850. The van der Waals surface area contributed by atoms with Crippen molar-refractivity contribution in [1.82, 2.24) is 19.7 Å². The Morgan fingerprint density at radius 3 is 3.17 bits per heavy atom. The van der Waals surface area contributed by atoms with E-state index in [9.17, 15) is 0 Å². The Hall–Kier alpha value is -1.95. The molecule has 0 aromatic carbocycles. The first-order valence-electron chi connectivity index (χ1n) is 5.72. The second-order valence-corrected chi connectivity index (χ2v) is 4.82. The lowest BCUT2D eigenvalue weighted by atomic mass is 10.2. The molecule has 0 aliphatic rings. The fourth-order valence-electron chi connectivity index (χ4n) is 1.86. The lowest BCUT2D eigenvalue weighted by molar-refractivity contribution is 0.785. The number of rotatable bonds is 4. The Morgan fingerprint density at radius 1 is 1.39 bits per heavy atom. The van der Waals surface area contributed by atoms with Crippen molar-refractivity contribution in [2.45, 2.75) is 6.42 Å². The first-order valence-corrected chi connectivity index (χ1v) is 6.66. The third-order valence-electron chi connectivity index (χ3n) is 2.82. The molecule has 1 N–H and O–H groups in total. The van der Waals surface area contributed by atoms with Crippen molar-refractivity contribution < 1.29 is 0 Å². The molecule has 3 aromatic rings. The van der Waals surface area contributed by atoms with E-state index in [1.165, 1.54) is 5.56 Å². The molecule has 0 radical (unpaired) electrons. The summed E-state index contributed by atoms with van der Waals surface area (Å²) in [5.41, 5.74) is 2.20. The van der Waals surface area contributed by atoms with Crippen molar-refractivity contribution in [1.29, 1.82) is 0 Å². The number of aryl methyl sites for hydroxylation is 1. The standard InChI is InChI=1S/C12H13N5S/c1-17-12-10(6-16-17)11(14-8-15-12)13-4-2-9-3-5-18-7-9/h3,5-8H,2,4H2,1H3,(H,13,14,15). The number of fused-ring (bicyclic) bond motifs is 1. The van der Waals surface area contributed by atoms with Gasteiger partial charge in [-0.25, -0.2) is 9.97 Å². The molecule has 0 amide bonds. The third-order valence-corrected chi connectivity index (χ3v) is 3.55. The van der Waals surface area contributed by atoms with Gasteiger partial charge in [0.15, 0.2) is 5.65 Å². The minimum absolute atomic E-state index is 0.850. The van der Waals surface area contributed by atoms with Crippen molar-refractivity contribution in [3.63, 3.8) is 0 Å². The predicted octanol–water partition coefficient (Wildman–Crippen LogP) is 2.08. The zero-order valence-corrected chi connectivity index (χ0v) is 10.8.